The third-order valence-corrected chi connectivity index (χ3v) is 3.68. The molecule has 0 aliphatic heterocycles. The second-order valence-corrected chi connectivity index (χ2v) is 5.55. The highest BCUT2D eigenvalue weighted by Crippen LogP contribution is 2.17. The maximum absolute atomic E-state index is 12.0. The standard InChI is InChI=1S/C14H18N4OS/c1-18(2)12-5-3-4-10(6-12)16-13(19)7-11-9-20-14(8-15)17-11/h3-6,9H,7-8,15H2,1-2H3,(H,16,19). The van der Waals surface area contributed by atoms with Gasteiger partial charge in [-0.2, -0.15) is 0 Å². The van der Waals surface area contributed by atoms with Crippen LogP contribution in [-0.2, 0) is 17.8 Å². The summed E-state index contributed by atoms with van der Waals surface area (Å²) in [4.78, 5) is 18.2. The van der Waals surface area contributed by atoms with Crippen molar-refractivity contribution in [2.45, 2.75) is 13.0 Å². The fourth-order valence-electron chi connectivity index (χ4n) is 1.76. The van der Waals surface area contributed by atoms with E-state index in [0.29, 0.717) is 6.54 Å². The van der Waals surface area contributed by atoms with Crippen LogP contribution >= 0.6 is 11.3 Å². The number of aromatic nitrogens is 1. The summed E-state index contributed by atoms with van der Waals surface area (Å²) in [6.45, 7) is 0.414. The molecule has 1 amide bonds. The summed E-state index contributed by atoms with van der Waals surface area (Å²) < 4.78 is 0. The van der Waals surface area contributed by atoms with E-state index in [2.05, 4.69) is 10.3 Å². The quantitative estimate of drug-likeness (QED) is 0.881. The van der Waals surface area contributed by atoms with E-state index >= 15 is 0 Å². The van der Waals surface area contributed by atoms with Gasteiger partial charge < -0.3 is 16.0 Å². The number of anilines is 2. The van der Waals surface area contributed by atoms with E-state index in [0.717, 1.165) is 22.1 Å². The first-order valence-electron chi connectivity index (χ1n) is 6.29. The Morgan fingerprint density at radius 2 is 2.25 bits per heavy atom. The highest BCUT2D eigenvalue weighted by Gasteiger charge is 2.08. The molecule has 1 aromatic heterocycles. The Balaban J connectivity index is 1.99. The Morgan fingerprint density at radius 1 is 1.45 bits per heavy atom. The van der Waals surface area contributed by atoms with Crippen LogP contribution in [0.3, 0.4) is 0 Å². The molecule has 0 bridgehead atoms. The van der Waals surface area contributed by atoms with Gasteiger partial charge in [-0.3, -0.25) is 4.79 Å². The molecule has 20 heavy (non-hydrogen) atoms. The summed E-state index contributed by atoms with van der Waals surface area (Å²) >= 11 is 1.48. The van der Waals surface area contributed by atoms with Gasteiger partial charge in [0.1, 0.15) is 5.01 Å². The third kappa shape index (κ3) is 3.79. The molecule has 3 N–H and O–H groups in total. The smallest absolute Gasteiger partial charge is 0.230 e. The minimum absolute atomic E-state index is 0.0743. The Labute approximate surface area is 122 Å². The number of hydrogen-bond acceptors (Lipinski definition) is 5. The van der Waals surface area contributed by atoms with E-state index in [1.807, 2.05) is 48.6 Å². The van der Waals surface area contributed by atoms with Crippen LogP contribution < -0.4 is 16.0 Å². The van der Waals surface area contributed by atoms with E-state index in [4.69, 9.17) is 5.73 Å². The van der Waals surface area contributed by atoms with Gasteiger partial charge in [-0.15, -0.1) is 11.3 Å². The predicted octanol–water partition coefficient (Wildman–Crippen LogP) is 1.85. The molecule has 0 unspecified atom stereocenters. The van der Waals surface area contributed by atoms with Crippen molar-refractivity contribution in [2.75, 3.05) is 24.3 Å². The largest absolute Gasteiger partial charge is 0.378 e. The Morgan fingerprint density at radius 3 is 2.90 bits per heavy atom. The van der Waals surface area contributed by atoms with Gasteiger partial charge in [0.2, 0.25) is 5.91 Å². The lowest BCUT2D eigenvalue weighted by molar-refractivity contribution is -0.115. The summed E-state index contributed by atoms with van der Waals surface area (Å²) in [5.41, 5.74) is 8.10. The molecule has 1 heterocycles. The van der Waals surface area contributed by atoms with Crippen molar-refractivity contribution < 1.29 is 4.79 Å². The summed E-state index contributed by atoms with van der Waals surface area (Å²) in [6, 6.07) is 7.71. The molecule has 0 aliphatic carbocycles. The second-order valence-electron chi connectivity index (χ2n) is 4.61. The number of thiazole rings is 1. The average Bonchev–Trinajstić information content (AvgIpc) is 2.86. The Hall–Kier alpha value is -1.92. The minimum atomic E-state index is -0.0743. The topological polar surface area (TPSA) is 71.2 Å². The molecule has 0 aliphatic rings. The number of nitrogens with zero attached hydrogens (tertiary/aromatic N) is 2. The SMILES string of the molecule is CN(C)c1cccc(NC(=O)Cc2csc(CN)n2)c1. The first-order valence-corrected chi connectivity index (χ1v) is 7.17. The molecule has 6 heteroatoms. The molecular formula is C14H18N4OS. The lowest BCUT2D eigenvalue weighted by Crippen LogP contribution is -2.15. The van der Waals surface area contributed by atoms with Gasteiger partial charge in [-0.05, 0) is 18.2 Å². The van der Waals surface area contributed by atoms with Crippen LogP contribution in [0.1, 0.15) is 10.7 Å². The zero-order chi connectivity index (χ0) is 14.5. The van der Waals surface area contributed by atoms with Gasteiger partial charge in [-0.1, -0.05) is 6.07 Å². The van der Waals surface area contributed by atoms with Crippen LogP contribution in [-0.4, -0.2) is 25.0 Å². The van der Waals surface area contributed by atoms with Crippen LogP contribution in [0.4, 0.5) is 11.4 Å². The van der Waals surface area contributed by atoms with Crippen LogP contribution in [0.15, 0.2) is 29.6 Å². The number of carbonyl (C=O) groups excluding carboxylic acids is 1. The molecule has 0 fully saturated rings. The van der Waals surface area contributed by atoms with Gasteiger partial charge in [0.15, 0.2) is 0 Å². The Bertz CT molecular complexity index is 594. The summed E-state index contributed by atoms with van der Waals surface area (Å²) in [7, 11) is 3.93. The summed E-state index contributed by atoms with van der Waals surface area (Å²) in [5.74, 6) is -0.0743. The summed E-state index contributed by atoms with van der Waals surface area (Å²) in [5, 5.41) is 5.60. The molecule has 0 saturated heterocycles. The third-order valence-electron chi connectivity index (χ3n) is 2.76. The highest BCUT2D eigenvalue weighted by molar-refractivity contribution is 7.09. The first-order chi connectivity index (χ1) is 9.58. The predicted molar refractivity (Wildman–Crippen MR) is 83.1 cm³/mol. The van der Waals surface area contributed by atoms with Gasteiger partial charge in [0.25, 0.3) is 0 Å². The minimum Gasteiger partial charge on any atom is -0.378 e. The van der Waals surface area contributed by atoms with E-state index in [1.54, 1.807) is 0 Å². The second kappa shape index (κ2) is 6.49. The number of nitrogens with two attached hydrogens (primary N) is 1. The number of benzene rings is 1. The van der Waals surface area contributed by atoms with Gasteiger partial charge in [-0.25, -0.2) is 4.98 Å². The van der Waals surface area contributed by atoms with Crippen molar-refractivity contribution in [1.29, 1.82) is 0 Å². The molecule has 2 aromatic rings. The number of amides is 1. The number of carbonyl (C=O) groups is 1. The zero-order valence-electron chi connectivity index (χ0n) is 11.6. The Kier molecular flexibility index (Phi) is 4.70. The molecule has 0 spiro atoms. The lowest BCUT2D eigenvalue weighted by atomic mass is 10.2. The number of nitrogens with one attached hydrogen (secondary N) is 1. The molecule has 2 rings (SSSR count). The van der Waals surface area contributed by atoms with Crippen LogP contribution in [0.2, 0.25) is 0 Å². The lowest BCUT2D eigenvalue weighted by Gasteiger charge is -2.13. The average molecular weight is 290 g/mol. The van der Waals surface area contributed by atoms with E-state index in [9.17, 15) is 4.79 Å². The summed E-state index contributed by atoms with van der Waals surface area (Å²) in [6.07, 6.45) is 0.267. The first kappa shape index (κ1) is 14.5. The van der Waals surface area contributed by atoms with Crippen LogP contribution in [0.5, 0.6) is 0 Å². The van der Waals surface area contributed by atoms with Crippen molar-refractivity contribution in [2.24, 2.45) is 5.73 Å². The highest BCUT2D eigenvalue weighted by atomic mass is 32.1. The maximum atomic E-state index is 12.0. The molecule has 1 aromatic carbocycles. The number of rotatable bonds is 5. The maximum Gasteiger partial charge on any atom is 0.230 e. The van der Waals surface area contributed by atoms with Gasteiger partial charge >= 0.3 is 0 Å². The van der Waals surface area contributed by atoms with E-state index < -0.39 is 0 Å². The van der Waals surface area contributed by atoms with Crippen molar-refractivity contribution in [3.05, 3.63) is 40.3 Å². The number of hydrogen-bond donors (Lipinski definition) is 2. The normalized spacial score (nSPS) is 10.3. The fourth-order valence-corrected chi connectivity index (χ4v) is 2.43. The molecule has 0 saturated carbocycles. The molecule has 0 atom stereocenters. The van der Waals surface area contributed by atoms with E-state index in [1.165, 1.54) is 11.3 Å². The monoisotopic (exact) mass is 290 g/mol. The molecular weight excluding hydrogens is 272 g/mol. The van der Waals surface area contributed by atoms with E-state index in [-0.39, 0.29) is 12.3 Å². The zero-order valence-corrected chi connectivity index (χ0v) is 12.4. The van der Waals surface area contributed by atoms with Crippen LogP contribution in [0.25, 0.3) is 0 Å². The molecule has 106 valence electrons. The van der Waals surface area contributed by atoms with Crippen molar-refractivity contribution in [3.63, 3.8) is 0 Å². The van der Waals surface area contributed by atoms with Gasteiger partial charge in [0, 0.05) is 37.4 Å². The fraction of sp³-hybridized carbons (Fsp3) is 0.286. The van der Waals surface area contributed by atoms with Crippen LogP contribution in [0, 0.1) is 0 Å². The van der Waals surface area contributed by atoms with Gasteiger partial charge in [0.05, 0.1) is 12.1 Å². The van der Waals surface area contributed by atoms with Crippen molar-refractivity contribution in [1.82, 2.24) is 4.98 Å². The van der Waals surface area contributed by atoms with Crippen molar-refractivity contribution >= 4 is 28.6 Å². The van der Waals surface area contributed by atoms with Crippen molar-refractivity contribution in [3.8, 4) is 0 Å². The molecule has 0 radical (unpaired) electrons. The molecule has 5 nitrogen and oxygen atoms in total.